The Balaban J connectivity index is 1.30. The van der Waals surface area contributed by atoms with Crippen LogP contribution in [0.5, 0.6) is 0 Å². The number of nitrogens with one attached hydrogen (secondary N) is 3. The number of ketones is 3. The van der Waals surface area contributed by atoms with E-state index < -0.39 is 47.1 Å². The van der Waals surface area contributed by atoms with Crippen LogP contribution < -0.4 is 16.0 Å². The molecule has 5 rings (SSSR count). The normalized spacial score (nSPS) is 22.2. The van der Waals surface area contributed by atoms with Crippen molar-refractivity contribution in [2.45, 2.75) is 129 Å². The third-order valence-corrected chi connectivity index (χ3v) is 12.1. The summed E-state index contributed by atoms with van der Waals surface area (Å²) in [6, 6.07) is 6.72. The van der Waals surface area contributed by atoms with Crippen LogP contribution in [0.1, 0.15) is 127 Å². The Morgan fingerprint density at radius 2 is 1.64 bits per heavy atom. The topological polar surface area (TPSA) is 168 Å². The summed E-state index contributed by atoms with van der Waals surface area (Å²) >= 11 is 0. The molecule has 7 atom stereocenters. The second-order valence-corrected chi connectivity index (χ2v) is 17.0. The van der Waals surface area contributed by atoms with Crippen molar-refractivity contribution in [2.24, 2.45) is 29.1 Å². The van der Waals surface area contributed by atoms with Gasteiger partial charge in [-0.3, -0.25) is 33.8 Å². The van der Waals surface area contributed by atoms with E-state index in [0.717, 1.165) is 56.9 Å². The molecule has 3 fully saturated rings. The van der Waals surface area contributed by atoms with Gasteiger partial charge in [-0.1, -0.05) is 90.1 Å². The molecule has 12 nitrogen and oxygen atoms in total. The molecule has 0 spiro atoms. The van der Waals surface area contributed by atoms with Crippen molar-refractivity contribution in [1.82, 2.24) is 30.8 Å². The van der Waals surface area contributed by atoms with Gasteiger partial charge in [0, 0.05) is 31.3 Å². The Kier molecular flexibility index (Phi) is 14.5. The highest BCUT2D eigenvalue weighted by molar-refractivity contribution is 6.38. The molecule has 1 aliphatic heterocycles. The SMILES string of the molecule is CCC[C@H](NCC(=O)[C@@H]1[C@H]2CCC[C@H]2CN1C(=O)[C@@H](CC(=O)[C@@H](NC(=O)c1cnccn1)C1CCCCC1)C(C)(C)C)C(=O)C(=O)N[C@@H](C)c1ccccc1. The van der Waals surface area contributed by atoms with Crippen LogP contribution in [0.2, 0.25) is 0 Å². The van der Waals surface area contributed by atoms with Crippen LogP contribution in [0.4, 0.5) is 0 Å². The van der Waals surface area contributed by atoms with Gasteiger partial charge in [0.15, 0.2) is 11.6 Å². The van der Waals surface area contributed by atoms with E-state index >= 15 is 0 Å². The predicted molar refractivity (Wildman–Crippen MR) is 208 cm³/mol. The highest BCUT2D eigenvalue weighted by Crippen LogP contribution is 2.44. The summed E-state index contributed by atoms with van der Waals surface area (Å²) in [6.07, 6.45) is 12.6. The second-order valence-electron chi connectivity index (χ2n) is 17.0. The summed E-state index contributed by atoms with van der Waals surface area (Å²) in [6.45, 7) is 9.84. The molecule has 1 saturated heterocycles. The largest absolute Gasteiger partial charge is 0.343 e. The minimum atomic E-state index is -0.851. The Labute approximate surface area is 325 Å². The van der Waals surface area contributed by atoms with Gasteiger partial charge in [-0.05, 0) is 67.8 Å². The number of carbonyl (C=O) groups is 6. The average molecular weight is 757 g/mol. The average Bonchev–Trinajstić information content (AvgIpc) is 3.79. The number of likely N-dealkylation sites (tertiary alicyclic amines) is 1. The van der Waals surface area contributed by atoms with Crippen LogP contribution in [0.3, 0.4) is 0 Å². The number of amides is 3. The first-order valence-corrected chi connectivity index (χ1v) is 20.4. The maximum Gasteiger partial charge on any atom is 0.289 e. The Morgan fingerprint density at radius 1 is 0.909 bits per heavy atom. The number of nitrogens with zero attached hydrogens (tertiary/aromatic N) is 3. The van der Waals surface area contributed by atoms with Crippen LogP contribution in [0.15, 0.2) is 48.9 Å². The smallest absolute Gasteiger partial charge is 0.289 e. The fraction of sp³-hybridized carbons (Fsp3) is 0.628. The summed E-state index contributed by atoms with van der Waals surface area (Å²) in [5.74, 6) is -3.03. The van der Waals surface area contributed by atoms with E-state index in [0.29, 0.717) is 19.4 Å². The molecule has 2 saturated carbocycles. The van der Waals surface area contributed by atoms with E-state index in [1.54, 1.807) is 4.90 Å². The molecule has 2 aromatic rings. The van der Waals surface area contributed by atoms with E-state index in [4.69, 9.17) is 0 Å². The highest BCUT2D eigenvalue weighted by atomic mass is 16.2. The molecule has 12 heteroatoms. The Hall–Kier alpha value is -4.32. The number of rotatable bonds is 17. The lowest BCUT2D eigenvalue weighted by atomic mass is 9.74. The molecule has 3 aliphatic rings. The molecule has 298 valence electrons. The molecule has 55 heavy (non-hydrogen) atoms. The molecule has 0 bridgehead atoms. The fourth-order valence-corrected chi connectivity index (χ4v) is 8.99. The van der Waals surface area contributed by atoms with E-state index in [2.05, 4.69) is 25.9 Å². The first kappa shape index (κ1) is 41.8. The number of carbonyl (C=O) groups excluding carboxylic acids is 6. The van der Waals surface area contributed by atoms with Crippen molar-refractivity contribution >= 4 is 35.1 Å². The molecule has 3 amide bonds. The third kappa shape index (κ3) is 10.5. The molecule has 0 radical (unpaired) electrons. The Bertz CT molecular complexity index is 1660. The van der Waals surface area contributed by atoms with Crippen molar-refractivity contribution in [1.29, 1.82) is 0 Å². The molecule has 3 N–H and O–H groups in total. The fourth-order valence-electron chi connectivity index (χ4n) is 8.99. The summed E-state index contributed by atoms with van der Waals surface area (Å²) in [4.78, 5) is 92.9. The predicted octanol–water partition coefficient (Wildman–Crippen LogP) is 5.18. The molecule has 2 aliphatic carbocycles. The van der Waals surface area contributed by atoms with E-state index in [9.17, 15) is 28.8 Å². The summed E-state index contributed by atoms with van der Waals surface area (Å²) < 4.78 is 0. The number of Topliss-reactive ketones (excluding diaryl/α,β-unsaturated/α-hetero) is 3. The third-order valence-electron chi connectivity index (χ3n) is 12.1. The van der Waals surface area contributed by atoms with Crippen LogP contribution in [-0.4, -0.2) is 81.2 Å². The molecular weight excluding hydrogens is 697 g/mol. The van der Waals surface area contributed by atoms with Gasteiger partial charge in [-0.2, -0.15) is 0 Å². The van der Waals surface area contributed by atoms with Crippen LogP contribution >= 0.6 is 0 Å². The quantitative estimate of drug-likeness (QED) is 0.184. The van der Waals surface area contributed by atoms with Gasteiger partial charge in [0.25, 0.3) is 11.8 Å². The van der Waals surface area contributed by atoms with E-state index in [1.807, 2.05) is 65.0 Å². The van der Waals surface area contributed by atoms with Gasteiger partial charge in [0.1, 0.15) is 5.69 Å². The number of fused-ring (bicyclic) bond motifs is 1. The lowest BCUT2D eigenvalue weighted by molar-refractivity contribution is -0.146. The highest BCUT2D eigenvalue weighted by Gasteiger charge is 2.51. The molecular formula is C43H60N6O6. The van der Waals surface area contributed by atoms with Crippen LogP contribution in [0.25, 0.3) is 0 Å². The zero-order valence-corrected chi connectivity index (χ0v) is 33.2. The van der Waals surface area contributed by atoms with Gasteiger partial charge in [-0.25, -0.2) is 4.98 Å². The lowest BCUT2D eigenvalue weighted by Crippen LogP contribution is -2.53. The number of hydrogen-bond acceptors (Lipinski definition) is 9. The van der Waals surface area contributed by atoms with Gasteiger partial charge < -0.3 is 20.9 Å². The summed E-state index contributed by atoms with van der Waals surface area (Å²) in [5.41, 5.74) is 0.386. The first-order valence-electron chi connectivity index (χ1n) is 20.4. The van der Waals surface area contributed by atoms with Gasteiger partial charge >= 0.3 is 0 Å². The minimum absolute atomic E-state index is 0.00817. The monoisotopic (exact) mass is 756 g/mol. The van der Waals surface area contributed by atoms with E-state index in [1.165, 1.54) is 18.6 Å². The zero-order chi connectivity index (χ0) is 39.7. The molecule has 2 heterocycles. The van der Waals surface area contributed by atoms with Crippen molar-refractivity contribution in [3.8, 4) is 0 Å². The standard InChI is InChI=1S/C43H60N6O6/c1-6-14-33(39(52)41(54)47-27(2)28-15-9-7-10-16-28)46-25-36(51)38-31-20-13-19-30(31)26-49(38)42(55)32(43(3,4)5)23-35(50)37(29-17-11-8-12-18-29)48-40(53)34-24-44-21-22-45-34/h7,9-10,15-16,21-22,24,27,29-33,37-38,46H,6,8,11-14,17-20,23,25-26H2,1-5H3,(H,47,54)(H,48,53)/t27-,30-,31-,32+,33-,37-,38-/m0/s1. The minimum Gasteiger partial charge on any atom is -0.343 e. The summed E-state index contributed by atoms with van der Waals surface area (Å²) in [5, 5.41) is 8.87. The molecule has 1 aromatic heterocycles. The van der Waals surface area contributed by atoms with Gasteiger partial charge in [-0.15, -0.1) is 0 Å². The molecule has 0 unspecified atom stereocenters. The number of hydrogen-bond donors (Lipinski definition) is 3. The molecule has 1 aromatic carbocycles. The zero-order valence-electron chi connectivity index (χ0n) is 33.2. The van der Waals surface area contributed by atoms with Crippen molar-refractivity contribution in [3.63, 3.8) is 0 Å². The number of benzene rings is 1. The Morgan fingerprint density at radius 3 is 2.29 bits per heavy atom. The first-order chi connectivity index (χ1) is 26.3. The second kappa shape index (κ2) is 19.0. The van der Waals surface area contributed by atoms with Gasteiger partial charge in [0.05, 0.1) is 36.9 Å². The summed E-state index contributed by atoms with van der Waals surface area (Å²) in [7, 11) is 0. The van der Waals surface area contributed by atoms with Crippen molar-refractivity contribution in [2.75, 3.05) is 13.1 Å². The van der Waals surface area contributed by atoms with Gasteiger partial charge in [0.2, 0.25) is 11.7 Å². The van der Waals surface area contributed by atoms with Crippen molar-refractivity contribution in [3.05, 3.63) is 60.2 Å². The van der Waals surface area contributed by atoms with Crippen LogP contribution in [0, 0.1) is 29.1 Å². The maximum absolute atomic E-state index is 14.8. The number of aromatic nitrogens is 2. The van der Waals surface area contributed by atoms with Crippen molar-refractivity contribution < 1.29 is 28.8 Å². The lowest BCUT2D eigenvalue weighted by Gasteiger charge is -2.37. The van der Waals surface area contributed by atoms with E-state index in [-0.39, 0.29) is 59.9 Å². The maximum atomic E-state index is 14.8. The van der Waals surface area contributed by atoms with Crippen LogP contribution in [-0.2, 0) is 24.0 Å².